The van der Waals surface area contributed by atoms with Gasteiger partial charge in [0, 0.05) is 36.9 Å². The fourth-order valence-corrected chi connectivity index (χ4v) is 6.96. The van der Waals surface area contributed by atoms with E-state index in [0.29, 0.717) is 16.6 Å². The molecule has 0 unspecified atom stereocenters. The number of ether oxygens (including phenoxy) is 1. The first-order chi connectivity index (χ1) is 17.3. The summed E-state index contributed by atoms with van der Waals surface area (Å²) in [5, 5.41) is 0.766. The average Bonchev–Trinajstić information content (AvgIpc) is 3.09. The molecule has 190 valence electrons. The van der Waals surface area contributed by atoms with Gasteiger partial charge < -0.3 is 14.5 Å². The van der Waals surface area contributed by atoms with Crippen LogP contribution in [-0.4, -0.2) is 53.7 Å². The summed E-state index contributed by atoms with van der Waals surface area (Å²) in [7, 11) is -0.0627. The second kappa shape index (κ2) is 10.4. The van der Waals surface area contributed by atoms with E-state index >= 15 is 0 Å². The number of methoxy groups -OCH3 is 1. The summed E-state index contributed by atoms with van der Waals surface area (Å²) in [6.07, 6.45) is 3.85. The molecule has 5 rings (SSSR count). The van der Waals surface area contributed by atoms with Gasteiger partial charge in [-0.05, 0) is 104 Å². The van der Waals surface area contributed by atoms with Crippen molar-refractivity contribution in [1.82, 2.24) is 4.90 Å². The smallest absolute Gasteiger partial charge is 0.210 e. The van der Waals surface area contributed by atoms with Crippen LogP contribution in [0.4, 0.5) is 5.69 Å². The van der Waals surface area contributed by atoms with Gasteiger partial charge in [-0.1, -0.05) is 23.7 Å². The van der Waals surface area contributed by atoms with Crippen molar-refractivity contribution in [2.75, 3.05) is 45.2 Å². The van der Waals surface area contributed by atoms with Crippen molar-refractivity contribution < 1.29 is 13.2 Å². The number of hydrogen-bond acceptors (Lipinski definition) is 5. The Morgan fingerprint density at radius 3 is 2.08 bits per heavy atom. The zero-order valence-corrected chi connectivity index (χ0v) is 22.5. The molecule has 0 amide bonds. The van der Waals surface area contributed by atoms with E-state index in [1.807, 2.05) is 36.4 Å². The highest BCUT2D eigenvalue weighted by molar-refractivity contribution is 7.91. The number of piperidine rings is 1. The lowest BCUT2D eigenvalue weighted by atomic mass is 9.89. The number of fused-ring (bicyclic) bond motifs is 1. The molecule has 0 atom stereocenters. The van der Waals surface area contributed by atoms with Crippen LogP contribution in [0.2, 0.25) is 5.02 Å². The summed E-state index contributed by atoms with van der Waals surface area (Å²) in [6, 6.07) is 19.2. The minimum Gasteiger partial charge on any atom is -0.495 e. The van der Waals surface area contributed by atoms with Gasteiger partial charge in [0.15, 0.2) is 0 Å². The van der Waals surface area contributed by atoms with Crippen LogP contribution in [0.3, 0.4) is 0 Å². The van der Waals surface area contributed by atoms with E-state index in [4.69, 9.17) is 16.3 Å². The average molecular weight is 525 g/mol. The fourth-order valence-electron chi connectivity index (χ4n) is 5.38. The molecule has 7 heteroatoms. The van der Waals surface area contributed by atoms with Crippen molar-refractivity contribution in [2.24, 2.45) is 0 Å². The molecule has 3 aromatic rings. The highest BCUT2D eigenvalue weighted by Gasteiger charge is 2.26. The zero-order valence-electron chi connectivity index (χ0n) is 20.9. The molecule has 5 nitrogen and oxygen atoms in total. The van der Waals surface area contributed by atoms with Gasteiger partial charge in [-0.3, -0.25) is 0 Å². The molecule has 0 spiro atoms. The van der Waals surface area contributed by atoms with Gasteiger partial charge in [-0.15, -0.1) is 0 Å². The Labute approximate surface area is 219 Å². The second-order valence-corrected chi connectivity index (χ2v) is 12.2. The minimum atomic E-state index is -3.70. The first-order valence-electron chi connectivity index (χ1n) is 12.6. The Hall–Kier alpha value is -2.54. The van der Waals surface area contributed by atoms with Crippen molar-refractivity contribution in [3.05, 3.63) is 82.4 Å². The van der Waals surface area contributed by atoms with Gasteiger partial charge in [-0.2, -0.15) is 0 Å². The maximum Gasteiger partial charge on any atom is 0.210 e. The van der Waals surface area contributed by atoms with Crippen LogP contribution in [0.5, 0.6) is 5.75 Å². The number of halogens is 1. The highest BCUT2D eigenvalue weighted by atomic mass is 35.5. The van der Waals surface area contributed by atoms with E-state index in [-0.39, 0.29) is 4.90 Å². The second-order valence-electron chi connectivity index (χ2n) is 9.89. The van der Waals surface area contributed by atoms with E-state index < -0.39 is 9.84 Å². The van der Waals surface area contributed by atoms with Crippen LogP contribution >= 0.6 is 11.6 Å². The predicted octanol–water partition coefficient (Wildman–Crippen LogP) is 5.60. The van der Waals surface area contributed by atoms with Gasteiger partial charge in [-0.25, -0.2) is 8.42 Å². The van der Waals surface area contributed by atoms with Crippen LogP contribution in [0.15, 0.2) is 70.5 Å². The van der Waals surface area contributed by atoms with Crippen LogP contribution in [0.1, 0.15) is 35.4 Å². The van der Waals surface area contributed by atoms with Gasteiger partial charge in [0.25, 0.3) is 0 Å². The van der Waals surface area contributed by atoms with Gasteiger partial charge in [0.2, 0.25) is 9.84 Å². The molecule has 0 N–H and O–H groups in total. The summed E-state index contributed by atoms with van der Waals surface area (Å²) in [6.45, 7) is 3.75. The number of rotatable bonds is 5. The van der Waals surface area contributed by atoms with Crippen molar-refractivity contribution in [1.29, 1.82) is 0 Å². The number of hydrogen-bond donors (Lipinski definition) is 0. The Balaban J connectivity index is 1.33. The molecular formula is C29H33ClN2O3S. The number of benzene rings is 3. The summed E-state index contributed by atoms with van der Waals surface area (Å²) < 4.78 is 32.8. The zero-order chi connectivity index (χ0) is 25.3. The quantitative estimate of drug-likeness (QED) is 0.435. The first kappa shape index (κ1) is 25.1. The predicted molar refractivity (Wildman–Crippen MR) is 145 cm³/mol. The standard InChI is InChI=1S/C29H33ClN2O3S/c1-31-15-11-23-19-28(35-2)29(20-24(23)12-16-31)36(33,34)27-9-7-26(8-10-27)32-17-13-22(14-18-32)21-3-5-25(30)6-4-21/h3-10,19-20,22H,11-18H2,1-2H3. The van der Waals surface area contributed by atoms with Crippen LogP contribution in [0, 0.1) is 0 Å². The van der Waals surface area contributed by atoms with Crippen molar-refractivity contribution >= 4 is 27.1 Å². The molecule has 36 heavy (non-hydrogen) atoms. The molecule has 0 radical (unpaired) electrons. The molecule has 2 aliphatic heterocycles. The Morgan fingerprint density at radius 1 is 0.861 bits per heavy atom. The number of anilines is 1. The molecule has 0 saturated carbocycles. The third-order valence-corrected chi connectivity index (χ3v) is 9.69. The molecule has 0 aromatic heterocycles. The van der Waals surface area contributed by atoms with Crippen LogP contribution in [-0.2, 0) is 22.7 Å². The lowest BCUT2D eigenvalue weighted by Gasteiger charge is -2.34. The number of nitrogens with zero attached hydrogens (tertiary/aromatic N) is 2. The van der Waals surface area contributed by atoms with E-state index in [1.165, 1.54) is 11.1 Å². The third kappa shape index (κ3) is 5.13. The van der Waals surface area contributed by atoms with Crippen molar-refractivity contribution in [3.8, 4) is 5.75 Å². The number of sulfone groups is 1. The summed E-state index contributed by atoms with van der Waals surface area (Å²) >= 11 is 6.04. The van der Waals surface area contributed by atoms with Crippen molar-refractivity contribution in [2.45, 2.75) is 41.4 Å². The van der Waals surface area contributed by atoms with E-state index in [0.717, 1.165) is 68.1 Å². The molecule has 0 aliphatic carbocycles. The van der Waals surface area contributed by atoms with Gasteiger partial charge in [0.05, 0.1) is 12.0 Å². The van der Waals surface area contributed by atoms with Gasteiger partial charge in [0.1, 0.15) is 10.6 Å². The molecular weight excluding hydrogens is 492 g/mol. The SMILES string of the molecule is COc1cc2c(cc1S(=O)(=O)c1ccc(N3CCC(c4ccc(Cl)cc4)CC3)cc1)CCN(C)CC2. The fraction of sp³-hybridized carbons (Fsp3) is 0.379. The van der Waals surface area contributed by atoms with Crippen molar-refractivity contribution in [3.63, 3.8) is 0 Å². The number of likely N-dealkylation sites (N-methyl/N-ethyl adjacent to an activating group) is 1. The van der Waals surface area contributed by atoms with E-state index in [1.54, 1.807) is 19.2 Å². The van der Waals surface area contributed by atoms with Crippen LogP contribution < -0.4 is 9.64 Å². The Bertz CT molecular complexity index is 1320. The lowest BCUT2D eigenvalue weighted by molar-refractivity contribution is 0.352. The lowest BCUT2D eigenvalue weighted by Crippen LogP contribution is -2.32. The summed E-state index contributed by atoms with van der Waals surface area (Å²) in [4.78, 5) is 5.16. The largest absolute Gasteiger partial charge is 0.495 e. The Kier molecular flexibility index (Phi) is 7.29. The molecule has 1 fully saturated rings. The topological polar surface area (TPSA) is 49.9 Å². The molecule has 2 aliphatic rings. The minimum absolute atomic E-state index is 0.254. The first-order valence-corrected chi connectivity index (χ1v) is 14.4. The maximum absolute atomic E-state index is 13.6. The summed E-state index contributed by atoms with van der Waals surface area (Å²) in [5.41, 5.74) is 4.66. The van der Waals surface area contributed by atoms with E-state index in [9.17, 15) is 8.42 Å². The normalized spacial score (nSPS) is 17.5. The molecule has 3 aromatic carbocycles. The monoisotopic (exact) mass is 524 g/mol. The highest BCUT2D eigenvalue weighted by Crippen LogP contribution is 2.35. The summed E-state index contributed by atoms with van der Waals surface area (Å²) in [5.74, 6) is 0.949. The van der Waals surface area contributed by atoms with E-state index in [2.05, 4.69) is 29.0 Å². The molecule has 2 heterocycles. The molecule has 1 saturated heterocycles. The maximum atomic E-state index is 13.6. The van der Waals surface area contributed by atoms with Gasteiger partial charge >= 0.3 is 0 Å². The molecule has 0 bridgehead atoms. The Morgan fingerprint density at radius 2 is 1.47 bits per heavy atom. The van der Waals surface area contributed by atoms with Crippen LogP contribution in [0.25, 0.3) is 0 Å². The third-order valence-electron chi connectivity index (χ3n) is 7.65.